The van der Waals surface area contributed by atoms with Gasteiger partial charge in [0, 0.05) is 32.5 Å². The lowest BCUT2D eigenvalue weighted by Gasteiger charge is -2.56. The fraction of sp³-hybridized carbons (Fsp3) is 0.556. The lowest BCUT2D eigenvalue weighted by atomic mass is 9.53. The molecule has 0 amide bonds. The molecule has 1 N–H and O–H groups in total. The summed E-state index contributed by atoms with van der Waals surface area (Å²) in [4.78, 5) is 0.560. The summed E-state index contributed by atoms with van der Waals surface area (Å²) in [5, 5.41) is 10.9. The second kappa shape index (κ2) is 4.06. The van der Waals surface area contributed by atoms with Gasteiger partial charge in [0.2, 0.25) is 0 Å². The average Bonchev–Trinajstić information content (AvgIpc) is 3.02. The van der Waals surface area contributed by atoms with E-state index in [0.717, 1.165) is 12.2 Å². The van der Waals surface area contributed by atoms with Gasteiger partial charge in [0.1, 0.15) is 12.2 Å². The average molecular weight is 312 g/mol. The molecule has 5 rings (SSSR count). The summed E-state index contributed by atoms with van der Waals surface area (Å²) in [6.07, 6.45) is -5.85. The number of methoxy groups -OCH3 is 1. The van der Waals surface area contributed by atoms with Gasteiger partial charge < -0.3 is 19.5 Å². The van der Waals surface area contributed by atoms with E-state index in [1.807, 2.05) is 0 Å². The van der Waals surface area contributed by atoms with Crippen LogP contribution in [0, 0.1) is 5.89 Å². The molecule has 116 valence electrons. The first kappa shape index (κ1) is 5.53. The molecule has 0 saturated carbocycles. The predicted molar refractivity (Wildman–Crippen MR) is 82.5 cm³/mol. The third-order valence-electron chi connectivity index (χ3n) is 4.88. The minimum atomic E-state index is -3.10. The van der Waals surface area contributed by atoms with E-state index < -0.39 is 85.6 Å². The molecule has 2 bridgehead atoms. The minimum absolute atomic E-state index is 0.245. The Morgan fingerprint density at radius 1 is 1.59 bits per heavy atom. The third kappa shape index (κ3) is 1.28. The highest BCUT2D eigenvalue weighted by molar-refractivity contribution is 5.62. The van der Waals surface area contributed by atoms with Crippen molar-refractivity contribution in [2.75, 3.05) is 20.6 Å². The van der Waals surface area contributed by atoms with Crippen molar-refractivity contribution in [1.29, 1.82) is 0 Å². The Bertz CT molecular complexity index is 1180. The zero-order valence-corrected chi connectivity index (χ0v) is 11.4. The molecule has 2 aliphatic heterocycles. The fourth-order valence-electron chi connectivity index (χ4n) is 3.99. The molecule has 1 aromatic rings. The van der Waals surface area contributed by atoms with Gasteiger partial charge in [-0.15, -0.1) is 0 Å². The van der Waals surface area contributed by atoms with Crippen molar-refractivity contribution in [2.45, 2.75) is 36.4 Å². The fourth-order valence-corrected chi connectivity index (χ4v) is 3.99. The quantitative estimate of drug-likeness (QED) is 0.798. The predicted octanol–water partition coefficient (Wildman–Crippen LogP) is 1.50. The SMILES string of the molecule is [2H]c1c([2H])c2c3c(c1OC([2H])([2H])[2H])OC1C([2H])(O)C=C[C@]4([2H])[C@@]31CCN(C([2H])([2H])[2H])[C@]4([2H])C2([2H])[2H]. The van der Waals surface area contributed by atoms with Gasteiger partial charge >= 0.3 is 0 Å². The van der Waals surface area contributed by atoms with Crippen LogP contribution in [0.5, 0.6) is 11.5 Å². The highest BCUT2D eigenvalue weighted by Crippen LogP contribution is 2.62. The summed E-state index contributed by atoms with van der Waals surface area (Å²) in [6.45, 7) is -3.48. The molecule has 2 heterocycles. The summed E-state index contributed by atoms with van der Waals surface area (Å²) in [5.74, 6) is -3.71. The van der Waals surface area contributed by atoms with Gasteiger partial charge in [-0.25, -0.2) is 0 Å². The molecule has 2 unspecified atom stereocenters. The van der Waals surface area contributed by atoms with Crippen molar-refractivity contribution in [2.24, 2.45) is 5.89 Å². The lowest BCUT2D eigenvalue weighted by Crippen LogP contribution is -2.64. The first-order valence-electron chi connectivity index (χ1n) is 13.4. The Morgan fingerprint density at radius 3 is 3.41 bits per heavy atom. The number of hydrogen-bond acceptors (Lipinski definition) is 4. The van der Waals surface area contributed by atoms with E-state index in [-0.39, 0.29) is 12.0 Å². The zero-order valence-electron chi connectivity index (χ0n) is 24.4. The van der Waals surface area contributed by atoms with Crippen molar-refractivity contribution in [3.8, 4) is 11.5 Å². The summed E-state index contributed by atoms with van der Waals surface area (Å²) in [7, 11) is -3.10. The van der Waals surface area contributed by atoms with E-state index in [4.69, 9.17) is 24.6 Å². The van der Waals surface area contributed by atoms with Crippen LogP contribution >= 0.6 is 0 Å². The van der Waals surface area contributed by atoms with Gasteiger partial charge in [-0.2, -0.15) is 0 Å². The van der Waals surface area contributed by atoms with Crippen LogP contribution in [0.4, 0.5) is 0 Å². The minimum Gasteiger partial charge on any atom is -0.493 e. The van der Waals surface area contributed by atoms with Crippen molar-refractivity contribution in [1.82, 2.24) is 4.90 Å². The smallest absolute Gasteiger partial charge is 0.165 e. The molecule has 1 fully saturated rings. The number of benzene rings is 1. The molecule has 4 aliphatic rings. The molecule has 5 atom stereocenters. The first-order valence-corrected chi connectivity index (χ1v) is 6.93. The largest absolute Gasteiger partial charge is 0.493 e. The second-order valence-electron chi connectivity index (χ2n) is 5.78. The van der Waals surface area contributed by atoms with Crippen LogP contribution in [0.15, 0.2) is 24.2 Å². The number of likely N-dealkylation sites (N-methyl/N-ethyl adjacent to an activating group) is 1. The molecule has 0 radical (unpaired) electrons. The maximum absolute atomic E-state index is 10.9. The monoisotopic (exact) mass is 312 g/mol. The maximum Gasteiger partial charge on any atom is 0.165 e. The van der Waals surface area contributed by atoms with Gasteiger partial charge in [0.05, 0.1) is 15.3 Å². The van der Waals surface area contributed by atoms with Gasteiger partial charge in [-0.05, 0) is 37.9 Å². The Morgan fingerprint density at radius 2 is 2.55 bits per heavy atom. The normalized spacial score (nSPS) is 63.1. The number of rotatable bonds is 1. The van der Waals surface area contributed by atoms with E-state index in [2.05, 4.69) is 0 Å². The molecular formula is C18H21NO3. The summed E-state index contributed by atoms with van der Waals surface area (Å²) < 4.78 is 119. The van der Waals surface area contributed by atoms with Crippen molar-refractivity contribution < 1.29 is 32.4 Å². The van der Waals surface area contributed by atoms with Gasteiger partial charge in [0.15, 0.2) is 11.5 Å². The number of hydrogen-bond donors (Lipinski definition) is 1. The lowest BCUT2D eigenvalue weighted by molar-refractivity contribution is -0.0453. The van der Waals surface area contributed by atoms with E-state index in [9.17, 15) is 7.85 Å². The Balaban J connectivity index is 1.98. The van der Waals surface area contributed by atoms with Crippen LogP contribution in [-0.2, 0) is 11.8 Å². The molecule has 4 heteroatoms. The molecule has 22 heavy (non-hydrogen) atoms. The van der Waals surface area contributed by atoms with Crippen molar-refractivity contribution in [3.05, 3.63) is 35.4 Å². The van der Waals surface area contributed by atoms with Crippen molar-refractivity contribution in [3.63, 3.8) is 0 Å². The van der Waals surface area contributed by atoms with Gasteiger partial charge in [0.25, 0.3) is 0 Å². The molecule has 1 aromatic carbocycles. The van der Waals surface area contributed by atoms with Crippen molar-refractivity contribution >= 4 is 0 Å². The van der Waals surface area contributed by atoms with Gasteiger partial charge in [-0.1, -0.05) is 18.2 Å². The van der Waals surface area contributed by atoms with Crippen LogP contribution in [-0.4, -0.2) is 48.8 Å². The highest BCUT2D eigenvalue weighted by Gasteiger charge is 2.64. The number of likely N-dealkylation sites (tertiary alicyclic amines) is 1. The number of piperidine rings is 1. The first-order chi connectivity index (χ1) is 15.7. The van der Waals surface area contributed by atoms with Crippen LogP contribution in [0.1, 0.15) is 35.4 Å². The molecule has 1 spiro atoms. The summed E-state index contributed by atoms with van der Waals surface area (Å²) >= 11 is 0. The van der Waals surface area contributed by atoms with E-state index in [1.165, 1.54) is 0 Å². The van der Waals surface area contributed by atoms with E-state index in [1.54, 1.807) is 0 Å². The highest BCUT2D eigenvalue weighted by atomic mass is 16.5. The number of aliphatic hydroxyl groups is 1. The van der Waals surface area contributed by atoms with E-state index >= 15 is 0 Å². The Hall–Kier alpha value is -1.52. The van der Waals surface area contributed by atoms with Crippen LogP contribution < -0.4 is 9.47 Å². The number of ether oxygens (including phenoxy) is 2. The standard InChI is InChI=1S/C18H21NO3/c1-19-8-7-18-11-4-5-13(20)17(18)22-16-14(21-2)6-3-10(15(16)18)9-12(11)19/h3-6,11-13,17,20H,7-9H2,1-2H3/t11-,12+,13?,17?,18-/m0/s1/i1D3,2D3,3D,6D,9D2,11D,12D,13D. The van der Waals surface area contributed by atoms with E-state index in [0.29, 0.717) is 4.90 Å². The van der Waals surface area contributed by atoms with Gasteiger partial charge in [-0.3, -0.25) is 0 Å². The topological polar surface area (TPSA) is 41.9 Å². The molecule has 1 saturated heterocycles. The molecule has 4 nitrogen and oxygen atoms in total. The van der Waals surface area contributed by atoms with Crippen LogP contribution in [0.3, 0.4) is 0 Å². The zero-order chi connectivity index (χ0) is 26.4. The summed E-state index contributed by atoms with van der Waals surface area (Å²) in [5.41, 5.74) is -2.78. The van der Waals surface area contributed by atoms with Crippen LogP contribution in [0.2, 0.25) is 0 Å². The molecule has 2 aliphatic carbocycles. The maximum atomic E-state index is 10.9. The Kier molecular flexibility index (Phi) is 1.02. The Labute approximate surface area is 148 Å². The van der Waals surface area contributed by atoms with Crippen LogP contribution in [0.25, 0.3) is 0 Å². The molecular weight excluding hydrogens is 278 g/mol. The number of nitrogens with zero attached hydrogens (tertiary/aromatic N) is 1. The molecule has 0 aromatic heterocycles. The third-order valence-corrected chi connectivity index (χ3v) is 4.88. The second-order valence-corrected chi connectivity index (χ2v) is 5.78. The summed E-state index contributed by atoms with van der Waals surface area (Å²) in [6, 6.07) is -4.65.